The lowest BCUT2D eigenvalue weighted by Gasteiger charge is -2.25. The second kappa shape index (κ2) is 6.62. The van der Waals surface area contributed by atoms with Gasteiger partial charge >= 0.3 is 0 Å². The van der Waals surface area contributed by atoms with Crippen LogP contribution in [0.15, 0.2) is 61.2 Å². The summed E-state index contributed by atoms with van der Waals surface area (Å²) < 4.78 is 15.5. The van der Waals surface area contributed by atoms with Gasteiger partial charge < -0.3 is 4.90 Å². The van der Waals surface area contributed by atoms with Crippen molar-refractivity contribution < 1.29 is 9.18 Å². The number of hydrogen-bond acceptors (Lipinski definition) is 3. The number of benzene rings is 2. The van der Waals surface area contributed by atoms with E-state index in [9.17, 15) is 9.18 Å². The van der Waals surface area contributed by atoms with Crippen molar-refractivity contribution in [2.24, 2.45) is 0 Å². The third-order valence-corrected chi connectivity index (χ3v) is 4.06. The zero-order valence-corrected chi connectivity index (χ0v) is 13.4. The maximum atomic E-state index is 13.8. The molecule has 0 N–H and O–H groups in total. The van der Waals surface area contributed by atoms with E-state index in [1.165, 1.54) is 23.4 Å². The van der Waals surface area contributed by atoms with Crippen LogP contribution in [0.5, 0.6) is 0 Å². The van der Waals surface area contributed by atoms with E-state index in [1.807, 2.05) is 31.2 Å². The molecular formula is C18H17FN4O. The van der Waals surface area contributed by atoms with Crippen LogP contribution in [0.3, 0.4) is 0 Å². The van der Waals surface area contributed by atoms with E-state index in [0.717, 1.165) is 11.3 Å². The van der Waals surface area contributed by atoms with Gasteiger partial charge in [0, 0.05) is 7.05 Å². The van der Waals surface area contributed by atoms with Gasteiger partial charge in [-0.25, -0.2) is 14.1 Å². The topological polar surface area (TPSA) is 51.0 Å². The third-order valence-electron chi connectivity index (χ3n) is 4.06. The van der Waals surface area contributed by atoms with E-state index in [0.29, 0.717) is 0 Å². The molecule has 0 aliphatic heterocycles. The Labute approximate surface area is 139 Å². The van der Waals surface area contributed by atoms with E-state index in [4.69, 9.17) is 0 Å². The molecule has 1 amide bonds. The standard InChI is InChI=1S/C18H17FN4O/c1-13(22(2)18(24)16-5-3-4-6-17(16)19)14-7-9-15(10-8-14)23-12-20-11-21-23/h3-13H,1-2H3. The summed E-state index contributed by atoms with van der Waals surface area (Å²) in [6.45, 7) is 1.91. The fraction of sp³-hybridized carbons (Fsp3) is 0.167. The van der Waals surface area contributed by atoms with Crippen LogP contribution < -0.4 is 0 Å². The van der Waals surface area contributed by atoms with Gasteiger partial charge in [0.05, 0.1) is 17.3 Å². The van der Waals surface area contributed by atoms with Gasteiger partial charge in [-0.15, -0.1) is 0 Å². The van der Waals surface area contributed by atoms with Crippen LogP contribution in [0.1, 0.15) is 28.9 Å². The van der Waals surface area contributed by atoms with Crippen molar-refractivity contribution in [2.45, 2.75) is 13.0 Å². The van der Waals surface area contributed by atoms with Crippen LogP contribution >= 0.6 is 0 Å². The average Bonchev–Trinajstić information content (AvgIpc) is 3.15. The minimum atomic E-state index is -0.511. The van der Waals surface area contributed by atoms with Crippen molar-refractivity contribution in [3.05, 3.63) is 78.1 Å². The molecule has 5 nitrogen and oxygen atoms in total. The Morgan fingerprint density at radius 1 is 1.17 bits per heavy atom. The van der Waals surface area contributed by atoms with Gasteiger partial charge in [-0.3, -0.25) is 4.79 Å². The van der Waals surface area contributed by atoms with Gasteiger partial charge in [0.15, 0.2) is 0 Å². The lowest BCUT2D eigenvalue weighted by atomic mass is 10.1. The number of hydrogen-bond donors (Lipinski definition) is 0. The number of carbonyl (C=O) groups is 1. The highest BCUT2D eigenvalue weighted by Gasteiger charge is 2.21. The minimum Gasteiger partial charge on any atom is -0.335 e. The lowest BCUT2D eigenvalue weighted by molar-refractivity contribution is 0.0738. The predicted octanol–water partition coefficient (Wildman–Crippen LogP) is 3.24. The van der Waals surface area contributed by atoms with Gasteiger partial charge in [-0.2, -0.15) is 5.10 Å². The Balaban J connectivity index is 1.79. The minimum absolute atomic E-state index is 0.0751. The van der Waals surface area contributed by atoms with Crippen LogP contribution in [-0.2, 0) is 0 Å². The molecule has 1 atom stereocenters. The molecule has 0 radical (unpaired) electrons. The van der Waals surface area contributed by atoms with Gasteiger partial charge in [0.2, 0.25) is 0 Å². The Morgan fingerprint density at radius 3 is 2.50 bits per heavy atom. The molecule has 0 saturated heterocycles. The molecule has 2 aromatic carbocycles. The summed E-state index contributed by atoms with van der Waals surface area (Å²) in [5, 5.41) is 4.07. The van der Waals surface area contributed by atoms with Crippen LogP contribution in [0.4, 0.5) is 4.39 Å². The Morgan fingerprint density at radius 2 is 1.88 bits per heavy atom. The van der Waals surface area contributed by atoms with E-state index >= 15 is 0 Å². The summed E-state index contributed by atoms with van der Waals surface area (Å²) in [5.41, 5.74) is 1.91. The van der Waals surface area contributed by atoms with Crippen LogP contribution in [0, 0.1) is 5.82 Å². The van der Waals surface area contributed by atoms with Crippen molar-refractivity contribution in [1.29, 1.82) is 0 Å². The van der Waals surface area contributed by atoms with Crippen molar-refractivity contribution in [3.63, 3.8) is 0 Å². The van der Waals surface area contributed by atoms with E-state index in [1.54, 1.807) is 30.2 Å². The molecule has 0 bridgehead atoms. The van der Waals surface area contributed by atoms with E-state index < -0.39 is 5.82 Å². The van der Waals surface area contributed by atoms with Gasteiger partial charge in [-0.05, 0) is 36.8 Å². The van der Waals surface area contributed by atoms with Crippen LogP contribution in [-0.4, -0.2) is 32.6 Å². The fourth-order valence-electron chi connectivity index (χ4n) is 2.47. The molecule has 122 valence electrons. The van der Waals surface area contributed by atoms with Gasteiger partial charge in [0.1, 0.15) is 18.5 Å². The first kappa shape index (κ1) is 15.9. The molecule has 1 unspecified atom stereocenters. The van der Waals surface area contributed by atoms with Gasteiger partial charge in [-0.1, -0.05) is 24.3 Å². The highest BCUT2D eigenvalue weighted by atomic mass is 19.1. The second-order valence-corrected chi connectivity index (χ2v) is 5.50. The van der Waals surface area contributed by atoms with Gasteiger partial charge in [0.25, 0.3) is 5.91 Å². The summed E-state index contributed by atoms with van der Waals surface area (Å²) in [6, 6.07) is 13.5. The molecule has 24 heavy (non-hydrogen) atoms. The van der Waals surface area contributed by atoms with Crippen molar-refractivity contribution in [2.75, 3.05) is 7.05 Å². The molecule has 1 aromatic heterocycles. The molecule has 1 heterocycles. The van der Waals surface area contributed by atoms with Crippen LogP contribution in [0.2, 0.25) is 0 Å². The first-order chi connectivity index (χ1) is 11.6. The van der Waals surface area contributed by atoms with Crippen molar-refractivity contribution in [1.82, 2.24) is 19.7 Å². The van der Waals surface area contributed by atoms with E-state index in [2.05, 4.69) is 10.1 Å². The maximum absolute atomic E-state index is 13.8. The number of aromatic nitrogens is 3. The number of halogens is 1. The fourth-order valence-corrected chi connectivity index (χ4v) is 2.47. The molecule has 6 heteroatoms. The number of nitrogens with zero attached hydrogens (tertiary/aromatic N) is 4. The normalized spacial score (nSPS) is 12.0. The molecule has 3 aromatic rings. The highest BCUT2D eigenvalue weighted by Crippen LogP contribution is 2.22. The first-order valence-corrected chi connectivity index (χ1v) is 7.54. The number of amides is 1. The highest BCUT2D eigenvalue weighted by molar-refractivity contribution is 5.94. The Hall–Kier alpha value is -3.02. The average molecular weight is 324 g/mol. The van der Waals surface area contributed by atoms with E-state index in [-0.39, 0.29) is 17.5 Å². The predicted molar refractivity (Wildman–Crippen MR) is 88.3 cm³/mol. The summed E-state index contributed by atoms with van der Waals surface area (Å²) in [6.07, 6.45) is 3.09. The lowest BCUT2D eigenvalue weighted by Crippen LogP contribution is -2.30. The second-order valence-electron chi connectivity index (χ2n) is 5.50. The molecule has 0 aliphatic carbocycles. The summed E-state index contributed by atoms with van der Waals surface area (Å²) in [7, 11) is 1.67. The zero-order chi connectivity index (χ0) is 17.1. The first-order valence-electron chi connectivity index (χ1n) is 7.54. The zero-order valence-electron chi connectivity index (χ0n) is 13.4. The summed E-state index contributed by atoms with van der Waals surface area (Å²) in [4.78, 5) is 17.9. The molecular weight excluding hydrogens is 307 g/mol. The molecule has 3 rings (SSSR count). The van der Waals surface area contributed by atoms with Crippen molar-refractivity contribution >= 4 is 5.91 Å². The maximum Gasteiger partial charge on any atom is 0.257 e. The van der Waals surface area contributed by atoms with Crippen LogP contribution in [0.25, 0.3) is 5.69 Å². The molecule has 0 saturated carbocycles. The Kier molecular flexibility index (Phi) is 4.37. The molecule has 0 fully saturated rings. The Bertz CT molecular complexity index is 830. The number of rotatable bonds is 4. The molecule has 0 aliphatic rings. The summed E-state index contributed by atoms with van der Waals surface area (Å²) in [5.74, 6) is -0.857. The summed E-state index contributed by atoms with van der Waals surface area (Å²) >= 11 is 0. The van der Waals surface area contributed by atoms with Crippen molar-refractivity contribution in [3.8, 4) is 5.69 Å². The third kappa shape index (κ3) is 3.03. The SMILES string of the molecule is CC(c1ccc(-n2cncn2)cc1)N(C)C(=O)c1ccccc1F. The quantitative estimate of drug-likeness (QED) is 0.740. The smallest absolute Gasteiger partial charge is 0.257 e. The monoisotopic (exact) mass is 324 g/mol. The molecule has 0 spiro atoms. The number of carbonyl (C=O) groups excluding carboxylic acids is 1. The largest absolute Gasteiger partial charge is 0.335 e.